The lowest BCUT2D eigenvalue weighted by Gasteiger charge is -2.33. The predicted octanol–water partition coefficient (Wildman–Crippen LogP) is 3.70. The summed E-state index contributed by atoms with van der Waals surface area (Å²) in [6.45, 7) is 14.1. The predicted molar refractivity (Wildman–Crippen MR) is 97.6 cm³/mol. The molecule has 24 heavy (non-hydrogen) atoms. The van der Waals surface area contributed by atoms with Crippen molar-refractivity contribution in [3.8, 4) is 0 Å². The first-order valence-corrected chi connectivity index (χ1v) is 7.97. The van der Waals surface area contributed by atoms with Gasteiger partial charge in [0.15, 0.2) is 0 Å². The third-order valence-electron chi connectivity index (χ3n) is 3.89. The van der Waals surface area contributed by atoms with Gasteiger partial charge in [0.05, 0.1) is 24.6 Å². The van der Waals surface area contributed by atoms with Gasteiger partial charge in [-0.25, -0.2) is 9.78 Å². The quantitative estimate of drug-likeness (QED) is 0.636. The molecule has 1 aromatic rings. The summed E-state index contributed by atoms with van der Waals surface area (Å²) in [4.78, 5) is 17.0. The lowest BCUT2D eigenvalue weighted by atomic mass is 10.1. The third kappa shape index (κ3) is 5.66. The Morgan fingerprint density at radius 3 is 2.54 bits per heavy atom. The Morgan fingerprint density at radius 1 is 1.42 bits per heavy atom. The van der Waals surface area contributed by atoms with Crippen molar-refractivity contribution in [1.82, 2.24) is 4.98 Å². The van der Waals surface area contributed by atoms with Crippen LogP contribution in [0.4, 0.5) is 5.69 Å². The fourth-order valence-electron chi connectivity index (χ4n) is 2.45. The fourth-order valence-corrected chi connectivity index (χ4v) is 2.45. The largest absolute Gasteiger partial charge is 0.477 e. The minimum Gasteiger partial charge on any atom is -0.477 e. The highest BCUT2D eigenvalue weighted by Crippen LogP contribution is 2.21. The smallest absolute Gasteiger partial charge is 0.354 e. The van der Waals surface area contributed by atoms with Crippen LogP contribution < -0.4 is 4.90 Å². The number of anilines is 1. The Hall–Kier alpha value is -2.40. The molecule has 1 aliphatic rings. The zero-order chi connectivity index (χ0) is 17.9. The Balaban J connectivity index is 0.00000139. The van der Waals surface area contributed by atoms with Gasteiger partial charge < -0.3 is 14.7 Å². The molecule has 0 atom stereocenters. The van der Waals surface area contributed by atoms with Gasteiger partial charge in [0.25, 0.3) is 0 Å². The van der Waals surface area contributed by atoms with Gasteiger partial charge in [-0.3, -0.25) is 0 Å². The van der Waals surface area contributed by atoms with E-state index in [1.165, 1.54) is 0 Å². The van der Waals surface area contributed by atoms with Crippen LogP contribution in [0, 0.1) is 0 Å². The Kier molecular flexibility index (Phi) is 8.50. The van der Waals surface area contributed by atoms with Crippen LogP contribution in [0.25, 0.3) is 0 Å². The van der Waals surface area contributed by atoms with Crippen molar-refractivity contribution in [3.05, 3.63) is 61.5 Å². The minimum atomic E-state index is -0.999. The summed E-state index contributed by atoms with van der Waals surface area (Å²) in [6.07, 6.45) is 7.63. The van der Waals surface area contributed by atoms with Gasteiger partial charge in [-0.2, -0.15) is 0 Å². The maximum Gasteiger partial charge on any atom is 0.354 e. The van der Waals surface area contributed by atoms with E-state index in [2.05, 4.69) is 29.6 Å². The molecule has 0 aliphatic carbocycles. The second-order valence-electron chi connectivity index (χ2n) is 5.27. The van der Waals surface area contributed by atoms with Gasteiger partial charge in [-0.05, 0) is 37.5 Å². The van der Waals surface area contributed by atoms with Crippen LogP contribution in [0.3, 0.4) is 0 Å². The van der Waals surface area contributed by atoms with E-state index in [9.17, 15) is 4.79 Å². The molecule has 0 aromatic carbocycles. The summed E-state index contributed by atoms with van der Waals surface area (Å²) in [6, 6.07) is 3.36. The van der Waals surface area contributed by atoms with Gasteiger partial charge in [-0.15, -0.1) is 13.2 Å². The molecule has 5 heteroatoms. The van der Waals surface area contributed by atoms with Crippen LogP contribution in [-0.4, -0.2) is 41.9 Å². The highest BCUT2D eigenvalue weighted by molar-refractivity contribution is 5.85. The topological polar surface area (TPSA) is 62.7 Å². The number of aromatic carboxylic acids is 1. The molecule has 0 amide bonds. The van der Waals surface area contributed by atoms with E-state index in [1.54, 1.807) is 12.3 Å². The number of hydrogen-bond donors (Lipinski definition) is 1. The number of carboxylic acids is 1. The van der Waals surface area contributed by atoms with E-state index in [1.807, 2.05) is 25.1 Å². The van der Waals surface area contributed by atoms with Gasteiger partial charge >= 0.3 is 5.97 Å². The van der Waals surface area contributed by atoms with Gasteiger partial charge in [0, 0.05) is 13.1 Å². The van der Waals surface area contributed by atoms with Crippen molar-refractivity contribution in [2.45, 2.75) is 25.9 Å². The number of hydrogen-bond acceptors (Lipinski definition) is 4. The summed E-state index contributed by atoms with van der Waals surface area (Å²) < 4.78 is 5.90. The molecular weight excluding hydrogens is 304 g/mol. The molecule has 0 bridgehead atoms. The van der Waals surface area contributed by atoms with Crippen LogP contribution in [0.1, 0.15) is 30.3 Å². The lowest BCUT2D eigenvalue weighted by molar-refractivity contribution is 0.0532. The standard InChI is InChI=1S/C17H22N2O3.C2H4/c1-3-13(4-2)12-22-15-7-9-19(10-8-15)14-5-6-16(17(20)21)18-11-14;1-2/h3-6,11,15H,1,7-10,12H2,2H3,(H,20,21);1-2H2/b13-4+;. The van der Waals surface area contributed by atoms with Crippen molar-refractivity contribution in [2.75, 3.05) is 24.6 Å². The molecule has 1 aliphatic heterocycles. The van der Waals surface area contributed by atoms with Gasteiger partial charge in [0.2, 0.25) is 0 Å². The molecular formula is C19H26N2O3. The van der Waals surface area contributed by atoms with E-state index in [0.717, 1.165) is 37.2 Å². The molecule has 2 rings (SSSR count). The maximum atomic E-state index is 10.8. The fraction of sp³-hybridized carbons (Fsp3) is 0.368. The average Bonchev–Trinajstić information content (AvgIpc) is 2.65. The number of ether oxygens (including phenoxy) is 1. The normalized spacial score (nSPS) is 15.4. The van der Waals surface area contributed by atoms with Crippen molar-refractivity contribution in [3.63, 3.8) is 0 Å². The van der Waals surface area contributed by atoms with Crippen LogP contribution in [0.2, 0.25) is 0 Å². The maximum absolute atomic E-state index is 10.8. The Morgan fingerprint density at radius 2 is 2.08 bits per heavy atom. The summed E-state index contributed by atoms with van der Waals surface area (Å²) in [7, 11) is 0. The zero-order valence-corrected chi connectivity index (χ0v) is 14.3. The molecule has 0 spiro atoms. The number of piperidine rings is 1. The van der Waals surface area contributed by atoms with Crippen molar-refractivity contribution >= 4 is 11.7 Å². The summed E-state index contributed by atoms with van der Waals surface area (Å²) in [5.41, 5.74) is 2.14. The van der Waals surface area contributed by atoms with Gasteiger partial charge in [0.1, 0.15) is 5.69 Å². The summed E-state index contributed by atoms with van der Waals surface area (Å²) in [5.74, 6) is -0.999. The Bertz CT molecular complexity index is 558. The monoisotopic (exact) mass is 330 g/mol. The second kappa shape index (κ2) is 10.4. The first-order chi connectivity index (χ1) is 11.6. The van der Waals surface area contributed by atoms with E-state index in [4.69, 9.17) is 9.84 Å². The molecule has 0 unspecified atom stereocenters. The number of pyridine rings is 1. The number of rotatable bonds is 6. The molecule has 2 heterocycles. The average molecular weight is 330 g/mol. The van der Waals surface area contributed by atoms with Crippen molar-refractivity contribution < 1.29 is 14.6 Å². The van der Waals surface area contributed by atoms with E-state index >= 15 is 0 Å². The summed E-state index contributed by atoms with van der Waals surface area (Å²) >= 11 is 0. The minimum absolute atomic E-state index is 0.0743. The van der Waals surface area contributed by atoms with E-state index in [0.29, 0.717) is 6.61 Å². The first-order valence-electron chi connectivity index (χ1n) is 7.97. The highest BCUT2D eigenvalue weighted by atomic mass is 16.5. The molecule has 5 nitrogen and oxygen atoms in total. The van der Waals surface area contributed by atoms with Crippen LogP contribution in [-0.2, 0) is 4.74 Å². The van der Waals surface area contributed by atoms with Crippen LogP contribution in [0.15, 0.2) is 55.8 Å². The van der Waals surface area contributed by atoms with Crippen LogP contribution >= 0.6 is 0 Å². The molecule has 1 fully saturated rings. The molecule has 1 aromatic heterocycles. The molecule has 1 saturated heterocycles. The molecule has 130 valence electrons. The summed E-state index contributed by atoms with van der Waals surface area (Å²) in [5, 5.41) is 8.86. The number of carboxylic acid groups (broad SMARTS) is 1. The first kappa shape index (κ1) is 19.6. The van der Waals surface area contributed by atoms with E-state index < -0.39 is 5.97 Å². The highest BCUT2D eigenvalue weighted by Gasteiger charge is 2.20. The number of allylic oxidation sites excluding steroid dienone is 1. The molecule has 0 radical (unpaired) electrons. The zero-order valence-electron chi connectivity index (χ0n) is 14.3. The van der Waals surface area contributed by atoms with Crippen molar-refractivity contribution in [2.24, 2.45) is 0 Å². The Labute approximate surface area is 144 Å². The van der Waals surface area contributed by atoms with Gasteiger partial charge in [-0.1, -0.05) is 18.7 Å². The SMILES string of the molecule is C=C.C=C/C(=C\C)COC1CCN(c2ccc(C(=O)O)nc2)CC1. The van der Waals surface area contributed by atoms with E-state index in [-0.39, 0.29) is 11.8 Å². The number of carbonyl (C=O) groups is 1. The number of nitrogens with zero attached hydrogens (tertiary/aromatic N) is 2. The molecule has 0 saturated carbocycles. The van der Waals surface area contributed by atoms with Crippen molar-refractivity contribution in [1.29, 1.82) is 0 Å². The molecule has 1 N–H and O–H groups in total. The van der Waals surface area contributed by atoms with Crippen LogP contribution in [0.5, 0.6) is 0 Å². The number of aromatic nitrogens is 1. The third-order valence-corrected chi connectivity index (χ3v) is 3.89. The second-order valence-corrected chi connectivity index (χ2v) is 5.27. The lowest BCUT2D eigenvalue weighted by Crippen LogP contribution is -2.37.